The molecule has 1 rings (SSSR count). The molecule has 3 unspecified atom stereocenters. The minimum atomic E-state index is -0.943. The summed E-state index contributed by atoms with van der Waals surface area (Å²) in [5.41, 5.74) is 0. The number of ether oxygens (including phenoxy) is 1. The first kappa shape index (κ1) is 14.0. The molecule has 0 aromatic heterocycles. The quantitative estimate of drug-likeness (QED) is 0.785. The van der Waals surface area contributed by atoms with Crippen LogP contribution in [0.25, 0.3) is 0 Å². The molecule has 5 heteroatoms. The molecule has 98 valence electrons. The molecule has 0 aliphatic carbocycles. The van der Waals surface area contributed by atoms with Crippen LogP contribution in [0, 0.1) is 5.92 Å². The van der Waals surface area contributed by atoms with E-state index in [0.717, 1.165) is 12.8 Å². The molecule has 0 bridgehead atoms. The summed E-state index contributed by atoms with van der Waals surface area (Å²) in [4.78, 5) is 24.7. The zero-order chi connectivity index (χ0) is 13.0. The van der Waals surface area contributed by atoms with Gasteiger partial charge in [-0.1, -0.05) is 20.3 Å². The number of nitrogens with zero attached hydrogens (tertiary/aromatic N) is 1. The van der Waals surface area contributed by atoms with Gasteiger partial charge in [-0.3, -0.25) is 4.79 Å². The van der Waals surface area contributed by atoms with Crippen LogP contribution in [0.3, 0.4) is 0 Å². The Bertz CT molecular complexity index is 292. The lowest BCUT2D eigenvalue weighted by molar-refractivity contribution is -0.149. The van der Waals surface area contributed by atoms with E-state index in [-0.39, 0.29) is 17.9 Å². The fourth-order valence-electron chi connectivity index (χ4n) is 2.29. The van der Waals surface area contributed by atoms with Crippen molar-refractivity contribution in [2.24, 2.45) is 5.92 Å². The number of carboxylic acid groups (broad SMARTS) is 1. The third-order valence-electron chi connectivity index (χ3n) is 3.31. The number of carboxylic acids is 1. The van der Waals surface area contributed by atoms with Crippen molar-refractivity contribution >= 4 is 11.9 Å². The minimum Gasteiger partial charge on any atom is -0.480 e. The van der Waals surface area contributed by atoms with Gasteiger partial charge in [0.05, 0.1) is 6.10 Å². The smallest absolute Gasteiger partial charge is 0.326 e. The maximum absolute atomic E-state index is 12.1. The summed E-state index contributed by atoms with van der Waals surface area (Å²) in [5, 5.41) is 9.11. The Morgan fingerprint density at radius 2 is 2.18 bits per heavy atom. The van der Waals surface area contributed by atoms with Gasteiger partial charge >= 0.3 is 5.97 Å². The monoisotopic (exact) mass is 243 g/mol. The third kappa shape index (κ3) is 3.19. The van der Waals surface area contributed by atoms with Crippen molar-refractivity contribution in [1.82, 2.24) is 4.90 Å². The van der Waals surface area contributed by atoms with E-state index in [2.05, 4.69) is 0 Å². The zero-order valence-corrected chi connectivity index (χ0v) is 10.7. The fraction of sp³-hybridized carbons (Fsp3) is 0.833. The molecule has 1 saturated heterocycles. The lowest BCUT2D eigenvalue weighted by Gasteiger charge is -2.24. The van der Waals surface area contributed by atoms with Gasteiger partial charge in [0.1, 0.15) is 6.04 Å². The van der Waals surface area contributed by atoms with Crippen LogP contribution in [0.1, 0.15) is 33.1 Å². The van der Waals surface area contributed by atoms with Crippen LogP contribution in [-0.2, 0) is 14.3 Å². The molecular formula is C12H21NO4. The molecule has 0 radical (unpaired) electrons. The fourth-order valence-corrected chi connectivity index (χ4v) is 2.29. The molecule has 1 fully saturated rings. The second-order valence-electron chi connectivity index (χ2n) is 4.63. The van der Waals surface area contributed by atoms with Gasteiger partial charge in [-0.2, -0.15) is 0 Å². The van der Waals surface area contributed by atoms with E-state index in [1.54, 1.807) is 7.11 Å². The molecule has 0 aromatic carbocycles. The molecule has 0 saturated carbocycles. The standard InChI is InChI=1S/C12H21NO4/c1-4-5-8(2)11(14)13-7-9(17-3)6-10(13)12(15)16/h8-10H,4-7H2,1-3H3,(H,15,16). The zero-order valence-electron chi connectivity index (χ0n) is 10.7. The Morgan fingerprint density at radius 3 is 2.65 bits per heavy atom. The van der Waals surface area contributed by atoms with Crippen molar-refractivity contribution in [3.05, 3.63) is 0 Å². The molecular weight excluding hydrogens is 222 g/mol. The number of methoxy groups -OCH3 is 1. The van der Waals surface area contributed by atoms with Gasteiger partial charge in [-0.15, -0.1) is 0 Å². The van der Waals surface area contributed by atoms with Crippen molar-refractivity contribution in [3.8, 4) is 0 Å². The van der Waals surface area contributed by atoms with Crippen LogP contribution in [-0.4, -0.2) is 47.7 Å². The molecule has 3 atom stereocenters. The van der Waals surface area contributed by atoms with Gasteiger partial charge < -0.3 is 14.7 Å². The first-order valence-corrected chi connectivity index (χ1v) is 6.07. The van der Waals surface area contributed by atoms with Crippen LogP contribution in [0.2, 0.25) is 0 Å². The molecule has 1 aliphatic rings. The van der Waals surface area contributed by atoms with E-state index in [1.165, 1.54) is 4.90 Å². The highest BCUT2D eigenvalue weighted by Gasteiger charge is 2.40. The van der Waals surface area contributed by atoms with Gasteiger partial charge in [-0.25, -0.2) is 4.79 Å². The van der Waals surface area contributed by atoms with E-state index in [4.69, 9.17) is 9.84 Å². The molecule has 0 spiro atoms. The number of aliphatic carboxylic acids is 1. The van der Waals surface area contributed by atoms with Gasteiger partial charge in [0, 0.05) is 26.0 Å². The summed E-state index contributed by atoms with van der Waals surface area (Å²) in [5.74, 6) is -1.13. The van der Waals surface area contributed by atoms with Crippen molar-refractivity contribution < 1.29 is 19.4 Å². The second kappa shape index (κ2) is 6.00. The second-order valence-corrected chi connectivity index (χ2v) is 4.63. The number of rotatable bonds is 5. The highest BCUT2D eigenvalue weighted by Crippen LogP contribution is 2.23. The molecule has 1 aliphatic heterocycles. The first-order chi connectivity index (χ1) is 8.01. The first-order valence-electron chi connectivity index (χ1n) is 6.07. The van der Waals surface area contributed by atoms with Crippen LogP contribution in [0.15, 0.2) is 0 Å². The lowest BCUT2D eigenvalue weighted by Crippen LogP contribution is -2.43. The number of hydrogen-bond donors (Lipinski definition) is 1. The maximum Gasteiger partial charge on any atom is 0.326 e. The SMILES string of the molecule is CCCC(C)C(=O)N1CC(OC)CC1C(=O)O. The summed E-state index contributed by atoms with van der Waals surface area (Å²) in [6.07, 6.45) is 1.94. The number of carbonyl (C=O) groups excluding carboxylic acids is 1. The van der Waals surface area contributed by atoms with Gasteiger partial charge in [0.2, 0.25) is 5.91 Å². The Hall–Kier alpha value is -1.10. The number of amides is 1. The van der Waals surface area contributed by atoms with E-state index in [1.807, 2.05) is 13.8 Å². The number of hydrogen-bond acceptors (Lipinski definition) is 3. The van der Waals surface area contributed by atoms with Crippen LogP contribution >= 0.6 is 0 Å². The van der Waals surface area contributed by atoms with Crippen molar-refractivity contribution in [3.63, 3.8) is 0 Å². The largest absolute Gasteiger partial charge is 0.480 e. The van der Waals surface area contributed by atoms with Gasteiger partial charge in [0.15, 0.2) is 0 Å². The van der Waals surface area contributed by atoms with Crippen LogP contribution in [0.5, 0.6) is 0 Å². The summed E-state index contributed by atoms with van der Waals surface area (Å²) in [6.45, 7) is 4.26. The number of carbonyl (C=O) groups is 2. The molecule has 0 aromatic rings. The van der Waals surface area contributed by atoms with Crippen molar-refractivity contribution in [1.29, 1.82) is 0 Å². The summed E-state index contributed by atoms with van der Waals surface area (Å²) >= 11 is 0. The predicted octanol–water partition coefficient (Wildman–Crippen LogP) is 1.12. The van der Waals surface area contributed by atoms with E-state index in [9.17, 15) is 9.59 Å². The van der Waals surface area contributed by atoms with Crippen LogP contribution < -0.4 is 0 Å². The summed E-state index contributed by atoms with van der Waals surface area (Å²) < 4.78 is 5.15. The van der Waals surface area contributed by atoms with Gasteiger partial charge in [-0.05, 0) is 6.42 Å². The highest BCUT2D eigenvalue weighted by molar-refractivity contribution is 5.85. The maximum atomic E-state index is 12.1. The average molecular weight is 243 g/mol. The Labute approximate surface area is 102 Å². The molecule has 1 amide bonds. The Balaban J connectivity index is 2.72. The third-order valence-corrected chi connectivity index (χ3v) is 3.31. The summed E-state index contributed by atoms with van der Waals surface area (Å²) in [7, 11) is 1.55. The molecule has 5 nitrogen and oxygen atoms in total. The van der Waals surface area contributed by atoms with E-state index >= 15 is 0 Å². The minimum absolute atomic E-state index is 0.0706. The molecule has 1 heterocycles. The predicted molar refractivity (Wildman–Crippen MR) is 62.6 cm³/mol. The van der Waals surface area contributed by atoms with Crippen molar-refractivity contribution in [2.75, 3.05) is 13.7 Å². The normalized spacial score (nSPS) is 25.9. The van der Waals surface area contributed by atoms with E-state index < -0.39 is 12.0 Å². The lowest BCUT2D eigenvalue weighted by atomic mass is 10.0. The van der Waals surface area contributed by atoms with Gasteiger partial charge in [0.25, 0.3) is 0 Å². The summed E-state index contributed by atoms with van der Waals surface area (Å²) in [6, 6.07) is -0.730. The van der Waals surface area contributed by atoms with Crippen LogP contribution in [0.4, 0.5) is 0 Å². The topological polar surface area (TPSA) is 66.8 Å². The molecule has 1 N–H and O–H groups in total. The Kier molecular flexibility index (Phi) is 4.93. The van der Waals surface area contributed by atoms with E-state index in [0.29, 0.717) is 13.0 Å². The molecule has 17 heavy (non-hydrogen) atoms. The Morgan fingerprint density at radius 1 is 1.53 bits per heavy atom. The average Bonchev–Trinajstić information content (AvgIpc) is 2.72. The van der Waals surface area contributed by atoms with Crippen molar-refractivity contribution in [2.45, 2.75) is 45.3 Å². The highest BCUT2D eigenvalue weighted by atomic mass is 16.5. The number of likely N-dealkylation sites (tertiary alicyclic amines) is 1.